The van der Waals surface area contributed by atoms with E-state index in [9.17, 15) is 13.6 Å². The Kier molecular flexibility index (Phi) is 4.47. The molecule has 0 bridgehead atoms. The van der Waals surface area contributed by atoms with E-state index < -0.39 is 11.7 Å². The van der Waals surface area contributed by atoms with Crippen LogP contribution >= 0.6 is 0 Å². The second-order valence-electron chi connectivity index (χ2n) is 5.46. The van der Waals surface area contributed by atoms with Gasteiger partial charge in [-0.25, -0.2) is 13.8 Å². The number of aromatic amines is 1. The maximum atomic E-state index is 13.7. The Balaban J connectivity index is 1.80. The first-order chi connectivity index (χ1) is 11.9. The molecule has 3 rings (SSSR count). The second kappa shape index (κ2) is 6.72. The standard InChI is InChI=1S/C18H15F2N3O2/c1-10(19)6-14(20)11(2)23-17-8-15(24)16(25-17)7-12-9-22-18-13(12)4-3-5-21-18/h3-9,23H,1-2H3,(H,21,22)/b10-6+,14-11-,16-7-. The third-order valence-electron chi connectivity index (χ3n) is 3.49. The summed E-state index contributed by atoms with van der Waals surface area (Å²) in [6.45, 7) is 2.55. The number of halogens is 2. The SMILES string of the molecule is C/C(NC1=CC(=O)/C(=C/c2c[nH]c3ncccc23)O1)=C(F)\C=C(/C)F. The number of fused-ring (bicyclic) bond motifs is 1. The molecule has 1 aliphatic heterocycles. The van der Waals surface area contributed by atoms with E-state index in [4.69, 9.17) is 4.74 Å². The molecular weight excluding hydrogens is 328 g/mol. The van der Waals surface area contributed by atoms with Crippen LogP contribution in [-0.4, -0.2) is 15.8 Å². The van der Waals surface area contributed by atoms with Crippen LogP contribution in [0.5, 0.6) is 0 Å². The Morgan fingerprint density at radius 1 is 1.36 bits per heavy atom. The molecule has 0 saturated heterocycles. The van der Waals surface area contributed by atoms with E-state index in [0.717, 1.165) is 23.9 Å². The van der Waals surface area contributed by atoms with Crippen molar-refractivity contribution in [1.29, 1.82) is 0 Å². The van der Waals surface area contributed by atoms with Crippen molar-refractivity contribution in [3.05, 3.63) is 71.2 Å². The number of nitrogens with one attached hydrogen (secondary N) is 2. The molecule has 128 valence electrons. The Morgan fingerprint density at radius 2 is 2.16 bits per heavy atom. The van der Waals surface area contributed by atoms with Gasteiger partial charge >= 0.3 is 0 Å². The van der Waals surface area contributed by atoms with Crippen LogP contribution < -0.4 is 5.32 Å². The quantitative estimate of drug-likeness (QED) is 0.650. The molecule has 0 unspecified atom stereocenters. The summed E-state index contributed by atoms with van der Waals surface area (Å²) in [5, 5.41) is 3.46. The smallest absolute Gasteiger partial charge is 0.226 e. The van der Waals surface area contributed by atoms with E-state index >= 15 is 0 Å². The lowest BCUT2D eigenvalue weighted by molar-refractivity contribution is -0.112. The highest BCUT2D eigenvalue weighted by atomic mass is 19.1. The lowest BCUT2D eigenvalue weighted by Crippen LogP contribution is -2.11. The zero-order valence-electron chi connectivity index (χ0n) is 13.6. The molecule has 0 aliphatic carbocycles. The highest BCUT2D eigenvalue weighted by Crippen LogP contribution is 2.24. The van der Waals surface area contributed by atoms with E-state index in [-0.39, 0.29) is 23.1 Å². The molecule has 0 fully saturated rings. The van der Waals surface area contributed by atoms with Crippen LogP contribution in [0, 0.1) is 0 Å². The summed E-state index contributed by atoms with van der Waals surface area (Å²) in [5.74, 6) is -1.63. The van der Waals surface area contributed by atoms with E-state index in [1.165, 1.54) is 13.0 Å². The van der Waals surface area contributed by atoms with Gasteiger partial charge in [0.05, 0.1) is 17.6 Å². The van der Waals surface area contributed by atoms with Gasteiger partial charge in [0.1, 0.15) is 11.5 Å². The van der Waals surface area contributed by atoms with Crippen molar-refractivity contribution in [3.63, 3.8) is 0 Å². The number of aromatic nitrogens is 2. The molecule has 3 heterocycles. The average molecular weight is 343 g/mol. The van der Waals surface area contributed by atoms with Gasteiger partial charge in [-0.15, -0.1) is 0 Å². The molecule has 2 aromatic heterocycles. The molecule has 2 aromatic rings. The molecule has 2 N–H and O–H groups in total. The number of ketones is 1. The van der Waals surface area contributed by atoms with Crippen molar-refractivity contribution in [3.8, 4) is 0 Å². The first kappa shape index (κ1) is 16.6. The first-order valence-corrected chi connectivity index (χ1v) is 7.49. The van der Waals surface area contributed by atoms with E-state index in [1.54, 1.807) is 24.5 Å². The summed E-state index contributed by atoms with van der Waals surface area (Å²) in [5.41, 5.74) is 1.48. The number of nitrogens with zero attached hydrogens (tertiary/aromatic N) is 1. The van der Waals surface area contributed by atoms with Crippen molar-refractivity contribution < 1.29 is 18.3 Å². The molecule has 0 spiro atoms. The van der Waals surface area contributed by atoms with Gasteiger partial charge in [-0.1, -0.05) is 0 Å². The number of pyridine rings is 1. The third-order valence-corrected chi connectivity index (χ3v) is 3.49. The molecule has 1 aliphatic rings. The maximum Gasteiger partial charge on any atom is 0.226 e. The number of hydrogen-bond acceptors (Lipinski definition) is 4. The molecular formula is C18H15F2N3O2. The Labute approximate surface area is 142 Å². The normalized spacial score (nSPS) is 17.6. The fourth-order valence-corrected chi connectivity index (χ4v) is 2.32. The van der Waals surface area contributed by atoms with Crippen LogP contribution in [0.2, 0.25) is 0 Å². The topological polar surface area (TPSA) is 67.0 Å². The van der Waals surface area contributed by atoms with Gasteiger partial charge in [0, 0.05) is 29.4 Å². The summed E-state index contributed by atoms with van der Waals surface area (Å²) in [7, 11) is 0. The van der Waals surface area contributed by atoms with Crippen molar-refractivity contribution >= 4 is 22.9 Å². The molecule has 7 heteroatoms. The minimum Gasteiger partial charge on any atom is -0.437 e. The van der Waals surface area contributed by atoms with Gasteiger partial charge in [0.15, 0.2) is 5.76 Å². The molecule has 0 saturated carbocycles. The maximum absolute atomic E-state index is 13.7. The number of H-pyrrole nitrogens is 1. The zero-order chi connectivity index (χ0) is 18.0. The Morgan fingerprint density at radius 3 is 2.92 bits per heavy atom. The van der Waals surface area contributed by atoms with Gasteiger partial charge < -0.3 is 15.0 Å². The monoisotopic (exact) mass is 343 g/mol. The largest absolute Gasteiger partial charge is 0.437 e. The molecule has 5 nitrogen and oxygen atoms in total. The predicted molar refractivity (Wildman–Crippen MR) is 90.1 cm³/mol. The lowest BCUT2D eigenvalue weighted by atomic mass is 10.2. The first-order valence-electron chi connectivity index (χ1n) is 7.49. The molecule has 0 aromatic carbocycles. The minimum absolute atomic E-state index is 0.0357. The number of ether oxygens (including phenoxy) is 1. The molecule has 0 radical (unpaired) electrons. The Hall–Kier alpha value is -3.22. The zero-order valence-corrected chi connectivity index (χ0v) is 13.6. The highest BCUT2D eigenvalue weighted by Gasteiger charge is 2.22. The number of hydrogen-bond donors (Lipinski definition) is 2. The van der Waals surface area contributed by atoms with E-state index in [1.807, 2.05) is 6.07 Å². The van der Waals surface area contributed by atoms with Crippen molar-refractivity contribution in [2.75, 3.05) is 0 Å². The van der Waals surface area contributed by atoms with E-state index in [0.29, 0.717) is 5.65 Å². The summed E-state index contributed by atoms with van der Waals surface area (Å²) in [6.07, 6.45) is 6.91. The lowest BCUT2D eigenvalue weighted by Gasteiger charge is -2.08. The van der Waals surface area contributed by atoms with Crippen LogP contribution in [0.15, 0.2) is 65.7 Å². The Bertz CT molecular complexity index is 964. The van der Waals surface area contributed by atoms with Crippen LogP contribution in [0.25, 0.3) is 17.1 Å². The minimum atomic E-state index is -0.780. The van der Waals surface area contributed by atoms with Crippen LogP contribution in [-0.2, 0) is 9.53 Å². The molecule has 0 atom stereocenters. The summed E-state index contributed by atoms with van der Waals surface area (Å²) < 4.78 is 31.8. The summed E-state index contributed by atoms with van der Waals surface area (Å²) >= 11 is 0. The van der Waals surface area contributed by atoms with Crippen molar-refractivity contribution in [2.24, 2.45) is 0 Å². The third kappa shape index (κ3) is 3.65. The van der Waals surface area contributed by atoms with Gasteiger partial charge in [-0.3, -0.25) is 4.79 Å². The fraction of sp³-hybridized carbons (Fsp3) is 0.111. The molecule has 25 heavy (non-hydrogen) atoms. The second-order valence-corrected chi connectivity index (χ2v) is 5.46. The van der Waals surface area contributed by atoms with Gasteiger partial charge in [0.25, 0.3) is 0 Å². The van der Waals surface area contributed by atoms with Gasteiger partial charge in [-0.2, -0.15) is 0 Å². The fourth-order valence-electron chi connectivity index (χ4n) is 2.32. The highest BCUT2D eigenvalue weighted by molar-refractivity contribution is 6.08. The van der Waals surface area contributed by atoms with Gasteiger partial charge in [0.2, 0.25) is 11.7 Å². The number of carbonyl (C=O) groups excluding carboxylic acids is 1. The molecule has 0 amide bonds. The van der Waals surface area contributed by atoms with Crippen LogP contribution in [0.4, 0.5) is 8.78 Å². The number of carbonyl (C=O) groups is 1. The van der Waals surface area contributed by atoms with Gasteiger partial charge in [-0.05, 0) is 32.1 Å². The summed E-state index contributed by atoms with van der Waals surface area (Å²) in [6, 6.07) is 3.66. The van der Waals surface area contributed by atoms with E-state index in [2.05, 4.69) is 15.3 Å². The van der Waals surface area contributed by atoms with Crippen LogP contribution in [0.3, 0.4) is 0 Å². The van der Waals surface area contributed by atoms with Crippen molar-refractivity contribution in [1.82, 2.24) is 15.3 Å². The average Bonchev–Trinajstić information content (AvgIpc) is 3.11. The predicted octanol–water partition coefficient (Wildman–Crippen LogP) is 4.01. The number of rotatable bonds is 4. The van der Waals surface area contributed by atoms with Crippen molar-refractivity contribution in [2.45, 2.75) is 13.8 Å². The van der Waals surface area contributed by atoms with Crippen LogP contribution in [0.1, 0.15) is 19.4 Å². The number of allylic oxidation sites excluding steroid dienone is 5. The summed E-state index contributed by atoms with van der Waals surface area (Å²) in [4.78, 5) is 19.2.